The Hall–Kier alpha value is -3.91. The molecule has 8 heteroatoms. The fourth-order valence-corrected chi connectivity index (χ4v) is 8.22. The van der Waals surface area contributed by atoms with Crippen molar-refractivity contribution in [1.82, 2.24) is 0 Å². The third kappa shape index (κ3) is 4.49. The molecular formula is C35H39NO7. The van der Waals surface area contributed by atoms with Gasteiger partial charge in [0.25, 0.3) is 5.91 Å². The summed E-state index contributed by atoms with van der Waals surface area (Å²) in [5.74, 6) is -6.93. The zero-order valence-corrected chi connectivity index (χ0v) is 24.6. The molecule has 4 atom stereocenters. The standard InChI is InChI=1S/C35H39NO7/c1-17(2)26-24-16-21-15-23-22(20-11-10-19(14-20)9-8-18-6-4-3-5-7-18)12-13-25(37)28(23)31(39)27(21)32(40)35(24,43)33(41)29(30(26)38)34(36)42/h8-13,17-18,21,24,26,37,39,41,43H,3-7,14-16H2,1-2H3,(H2,36,42)/b9-8+/t21-,24-,26-,35-/m0/s1. The second-order valence-electron chi connectivity index (χ2n) is 13.2. The number of phenols is 1. The van der Waals surface area contributed by atoms with E-state index in [1.165, 1.54) is 43.7 Å². The molecule has 8 nitrogen and oxygen atoms in total. The van der Waals surface area contributed by atoms with E-state index in [9.17, 15) is 34.8 Å². The maximum Gasteiger partial charge on any atom is 0.255 e. The summed E-state index contributed by atoms with van der Waals surface area (Å²) in [5.41, 5.74) is 5.81. The number of carbonyl (C=O) groups excluding carboxylic acids is 3. The Labute approximate surface area is 251 Å². The summed E-state index contributed by atoms with van der Waals surface area (Å²) < 4.78 is 0. The Morgan fingerprint density at radius 3 is 2.47 bits per heavy atom. The number of ketones is 2. The van der Waals surface area contributed by atoms with Gasteiger partial charge in [-0.2, -0.15) is 0 Å². The minimum absolute atomic E-state index is 0.105. The van der Waals surface area contributed by atoms with Crippen molar-refractivity contribution in [2.75, 3.05) is 0 Å². The second-order valence-corrected chi connectivity index (χ2v) is 13.2. The number of nitrogens with two attached hydrogens (primary N) is 1. The van der Waals surface area contributed by atoms with Crippen LogP contribution in [-0.2, 0) is 20.8 Å². The van der Waals surface area contributed by atoms with E-state index in [0.717, 1.165) is 11.1 Å². The van der Waals surface area contributed by atoms with E-state index in [-0.39, 0.29) is 35.6 Å². The number of amides is 1. The maximum absolute atomic E-state index is 14.1. The van der Waals surface area contributed by atoms with Crippen molar-refractivity contribution in [3.8, 4) is 5.75 Å². The number of aliphatic hydroxyl groups excluding tert-OH is 2. The summed E-state index contributed by atoms with van der Waals surface area (Å²) >= 11 is 0. The average molecular weight is 586 g/mol. The molecule has 0 saturated heterocycles. The van der Waals surface area contributed by atoms with E-state index in [2.05, 4.69) is 24.3 Å². The molecule has 6 rings (SSSR count). The quantitative estimate of drug-likeness (QED) is 0.299. The van der Waals surface area contributed by atoms with E-state index in [1.54, 1.807) is 13.8 Å². The lowest BCUT2D eigenvalue weighted by Crippen LogP contribution is -2.62. The van der Waals surface area contributed by atoms with Crippen LogP contribution in [-0.4, -0.2) is 43.5 Å². The van der Waals surface area contributed by atoms with E-state index in [1.807, 2.05) is 6.07 Å². The number of hydrogen-bond acceptors (Lipinski definition) is 7. The fourth-order valence-electron chi connectivity index (χ4n) is 8.22. The third-order valence-electron chi connectivity index (χ3n) is 10.3. The topological polar surface area (TPSA) is 158 Å². The summed E-state index contributed by atoms with van der Waals surface area (Å²) in [6.45, 7) is 3.51. The van der Waals surface area contributed by atoms with Crippen LogP contribution in [0.2, 0.25) is 0 Å². The first-order valence-corrected chi connectivity index (χ1v) is 15.4. The van der Waals surface area contributed by atoms with E-state index < -0.39 is 57.9 Å². The number of benzene rings is 1. The molecule has 2 saturated carbocycles. The van der Waals surface area contributed by atoms with Gasteiger partial charge >= 0.3 is 0 Å². The molecular weight excluding hydrogens is 546 g/mol. The molecule has 6 N–H and O–H groups in total. The summed E-state index contributed by atoms with van der Waals surface area (Å²) in [6.07, 6.45) is 16.0. The second kappa shape index (κ2) is 10.7. The summed E-state index contributed by atoms with van der Waals surface area (Å²) in [7, 11) is 0. The van der Waals surface area contributed by atoms with Crippen molar-refractivity contribution >= 4 is 28.8 Å². The molecule has 0 radical (unpaired) electrons. The highest BCUT2D eigenvalue weighted by atomic mass is 16.3. The first-order valence-electron chi connectivity index (χ1n) is 15.4. The monoisotopic (exact) mass is 585 g/mol. The van der Waals surface area contributed by atoms with E-state index in [0.29, 0.717) is 17.9 Å². The molecule has 43 heavy (non-hydrogen) atoms. The number of phenolic OH excluding ortho intramolecular Hbond substituents is 1. The highest BCUT2D eigenvalue weighted by Crippen LogP contribution is 2.55. The number of aliphatic hydroxyl groups is 3. The van der Waals surface area contributed by atoms with Crippen LogP contribution < -0.4 is 5.73 Å². The molecule has 0 spiro atoms. The van der Waals surface area contributed by atoms with E-state index in [4.69, 9.17) is 5.73 Å². The largest absolute Gasteiger partial charge is 0.508 e. The number of hydrogen-bond donors (Lipinski definition) is 5. The van der Waals surface area contributed by atoms with Crippen molar-refractivity contribution in [2.24, 2.45) is 35.3 Å². The molecule has 0 aromatic heterocycles. The third-order valence-corrected chi connectivity index (χ3v) is 10.3. The van der Waals surface area contributed by atoms with Crippen LogP contribution in [0.25, 0.3) is 11.3 Å². The number of aromatic hydroxyl groups is 1. The van der Waals surface area contributed by atoms with Gasteiger partial charge in [-0.25, -0.2) is 0 Å². The van der Waals surface area contributed by atoms with Crippen LogP contribution in [0.1, 0.15) is 75.5 Å². The van der Waals surface area contributed by atoms with Gasteiger partial charge in [0, 0.05) is 17.4 Å². The van der Waals surface area contributed by atoms with Crippen molar-refractivity contribution in [2.45, 2.75) is 70.8 Å². The Balaban J connectivity index is 1.38. The van der Waals surface area contributed by atoms with Gasteiger partial charge < -0.3 is 26.2 Å². The van der Waals surface area contributed by atoms with Crippen LogP contribution in [0, 0.1) is 29.6 Å². The zero-order valence-electron chi connectivity index (χ0n) is 24.6. The molecule has 0 bridgehead atoms. The smallest absolute Gasteiger partial charge is 0.255 e. The molecule has 5 aliphatic rings. The minimum atomic E-state index is -2.60. The first kappa shape index (κ1) is 29.2. The van der Waals surface area contributed by atoms with Crippen LogP contribution in [0.3, 0.4) is 0 Å². The molecule has 5 aliphatic carbocycles. The van der Waals surface area contributed by atoms with Gasteiger partial charge in [-0.1, -0.05) is 63.5 Å². The van der Waals surface area contributed by atoms with Gasteiger partial charge in [0.05, 0.1) is 5.56 Å². The lowest BCUT2D eigenvalue weighted by molar-refractivity contribution is -0.155. The first-order chi connectivity index (χ1) is 20.4. The summed E-state index contributed by atoms with van der Waals surface area (Å²) in [6, 6.07) is 3.32. The van der Waals surface area contributed by atoms with Gasteiger partial charge in [-0.05, 0) is 78.2 Å². The van der Waals surface area contributed by atoms with Crippen LogP contribution >= 0.6 is 0 Å². The Morgan fingerprint density at radius 2 is 1.79 bits per heavy atom. The van der Waals surface area contributed by atoms with Crippen molar-refractivity contribution < 1.29 is 34.8 Å². The highest BCUT2D eigenvalue weighted by molar-refractivity contribution is 6.23. The van der Waals surface area contributed by atoms with Crippen LogP contribution in [0.4, 0.5) is 0 Å². The molecule has 1 aromatic rings. The van der Waals surface area contributed by atoms with Crippen molar-refractivity contribution in [3.05, 3.63) is 75.6 Å². The fraction of sp³-hybridized carbons (Fsp3) is 0.457. The lowest BCUT2D eigenvalue weighted by Gasteiger charge is -2.50. The highest BCUT2D eigenvalue weighted by Gasteiger charge is 2.64. The number of carbonyl (C=O) groups is 3. The molecule has 0 heterocycles. The molecule has 2 fully saturated rings. The summed E-state index contributed by atoms with van der Waals surface area (Å²) in [4.78, 5) is 39.6. The molecule has 226 valence electrons. The predicted octanol–water partition coefficient (Wildman–Crippen LogP) is 5.16. The Morgan fingerprint density at radius 1 is 1.07 bits per heavy atom. The maximum atomic E-state index is 14.1. The van der Waals surface area contributed by atoms with Crippen molar-refractivity contribution in [1.29, 1.82) is 0 Å². The Bertz CT molecular complexity index is 1580. The van der Waals surface area contributed by atoms with Crippen LogP contribution in [0.15, 0.2) is 58.9 Å². The molecule has 1 aromatic carbocycles. The van der Waals surface area contributed by atoms with Gasteiger partial charge in [-0.3, -0.25) is 14.4 Å². The average Bonchev–Trinajstić information content (AvgIpc) is 3.43. The molecule has 1 amide bonds. The zero-order chi connectivity index (χ0) is 30.8. The Kier molecular flexibility index (Phi) is 7.24. The van der Waals surface area contributed by atoms with Gasteiger partial charge in [0.1, 0.15) is 22.8 Å². The molecule has 0 aliphatic heterocycles. The summed E-state index contributed by atoms with van der Waals surface area (Å²) in [5, 5.41) is 45.3. The predicted molar refractivity (Wildman–Crippen MR) is 161 cm³/mol. The lowest BCUT2D eigenvalue weighted by atomic mass is 9.54. The SMILES string of the molecule is CC(C)[C@@H]1C(=O)C(C(N)=O)=C(O)[C@@]2(O)C(=O)C3=C(O)c4c(O)ccc(C5=CC=C(/C=C/C6CCCCC6)C5)c4C[C@H]3C[C@@H]12. The normalized spacial score (nSPS) is 29.5. The van der Waals surface area contributed by atoms with Gasteiger partial charge in [-0.15, -0.1) is 0 Å². The number of allylic oxidation sites excluding steroid dienone is 6. The molecule has 0 unspecified atom stereocenters. The number of Topliss-reactive ketones (excluding diaryl/α,β-unsaturated/α-hetero) is 2. The van der Waals surface area contributed by atoms with Gasteiger partial charge in [0.2, 0.25) is 5.78 Å². The van der Waals surface area contributed by atoms with Gasteiger partial charge in [0.15, 0.2) is 11.4 Å². The number of rotatable bonds is 5. The number of primary amides is 1. The number of fused-ring (bicyclic) bond motifs is 3. The van der Waals surface area contributed by atoms with Crippen LogP contribution in [0.5, 0.6) is 5.75 Å². The van der Waals surface area contributed by atoms with E-state index >= 15 is 0 Å². The minimum Gasteiger partial charge on any atom is -0.508 e. The van der Waals surface area contributed by atoms with Crippen molar-refractivity contribution in [3.63, 3.8) is 0 Å².